The standard InChI is InChI=1S/C30H37F4N3O4/c1-18(2)24(35-25(38)22-17-20(30(32,33)34)9-12-23(22)31)26(39)37-15-13-29(6,14-16-37)36-21-10-7-19(8-11-21)27(40)41-28(3,4)5/h7-12,17-18,24,36H,13-16H2,1-6H3,(H,35,38). The third kappa shape index (κ3) is 8.43. The molecular weight excluding hydrogens is 542 g/mol. The molecule has 1 aliphatic heterocycles. The van der Waals surface area contributed by atoms with Gasteiger partial charge in [-0.2, -0.15) is 13.2 Å². The van der Waals surface area contributed by atoms with Gasteiger partial charge in [-0.15, -0.1) is 0 Å². The van der Waals surface area contributed by atoms with E-state index < -0.39 is 52.6 Å². The van der Waals surface area contributed by atoms with Gasteiger partial charge >= 0.3 is 12.1 Å². The number of hydrogen-bond acceptors (Lipinski definition) is 5. The number of hydrogen-bond donors (Lipinski definition) is 2. The Hall–Kier alpha value is -3.63. The van der Waals surface area contributed by atoms with Gasteiger partial charge in [0.1, 0.15) is 17.5 Å². The van der Waals surface area contributed by atoms with Crippen molar-refractivity contribution < 1.29 is 36.7 Å². The highest BCUT2D eigenvalue weighted by Gasteiger charge is 2.37. The molecule has 0 spiro atoms. The Morgan fingerprint density at radius 2 is 1.56 bits per heavy atom. The molecule has 1 fully saturated rings. The quantitative estimate of drug-likeness (QED) is 0.308. The zero-order valence-electron chi connectivity index (χ0n) is 24.1. The first kappa shape index (κ1) is 31.9. The van der Waals surface area contributed by atoms with E-state index in [9.17, 15) is 31.9 Å². The maximum absolute atomic E-state index is 14.3. The maximum Gasteiger partial charge on any atom is 0.416 e. The van der Waals surface area contributed by atoms with Crippen molar-refractivity contribution >= 4 is 23.5 Å². The van der Waals surface area contributed by atoms with Crippen LogP contribution in [0.15, 0.2) is 42.5 Å². The second-order valence-electron chi connectivity index (χ2n) is 12.0. The molecule has 1 heterocycles. The van der Waals surface area contributed by atoms with E-state index in [2.05, 4.69) is 10.6 Å². The van der Waals surface area contributed by atoms with Gasteiger partial charge in [-0.05, 0) is 88.9 Å². The van der Waals surface area contributed by atoms with E-state index in [-0.39, 0.29) is 11.4 Å². The first-order chi connectivity index (χ1) is 18.9. The number of carbonyl (C=O) groups is 3. The molecule has 11 heteroatoms. The van der Waals surface area contributed by atoms with Gasteiger partial charge in [-0.1, -0.05) is 13.8 Å². The Kier molecular flexibility index (Phi) is 9.40. The number of alkyl halides is 3. The van der Waals surface area contributed by atoms with Crippen molar-refractivity contribution in [2.75, 3.05) is 18.4 Å². The van der Waals surface area contributed by atoms with Crippen LogP contribution in [-0.4, -0.2) is 53.0 Å². The van der Waals surface area contributed by atoms with E-state index in [0.29, 0.717) is 49.7 Å². The number of anilines is 1. The molecule has 0 saturated carbocycles. The van der Waals surface area contributed by atoms with Crippen LogP contribution in [0, 0.1) is 11.7 Å². The highest BCUT2D eigenvalue weighted by atomic mass is 19.4. The molecule has 0 radical (unpaired) electrons. The van der Waals surface area contributed by atoms with Crippen molar-refractivity contribution in [3.63, 3.8) is 0 Å². The Balaban J connectivity index is 1.63. The van der Waals surface area contributed by atoms with Crippen LogP contribution >= 0.6 is 0 Å². The van der Waals surface area contributed by atoms with E-state index >= 15 is 0 Å². The van der Waals surface area contributed by atoms with Gasteiger partial charge in [0.25, 0.3) is 5.91 Å². The molecule has 224 valence electrons. The summed E-state index contributed by atoms with van der Waals surface area (Å²) >= 11 is 0. The lowest BCUT2D eigenvalue weighted by molar-refractivity contribution is -0.138. The van der Waals surface area contributed by atoms with Crippen molar-refractivity contribution in [2.24, 2.45) is 5.92 Å². The minimum absolute atomic E-state index is 0.359. The molecule has 2 amide bonds. The number of nitrogens with zero attached hydrogens (tertiary/aromatic N) is 1. The minimum Gasteiger partial charge on any atom is -0.456 e. The van der Waals surface area contributed by atoms with Crippen LogP contribution in [0.3, 0.4) is 0 Å². The topological polar surface area (TPSA) is 87.7 Å². The van der Waals surface area contributed by atoms with Gasteiger partial charge in [0.05, 0.1) is 16.7 Å². The molecule has 41 heavy (non-hydrogen) atoms. The van der Waals surface area contributed by atoms with Crippen LogP contribution in [0.25, 0.3) is 0 Å². The summed E-state index contributed by atoms with van der Waals surface area (Å²) in [5, 5.41) is 5.91. The van der Waals surface area contributed by atoms with Crippen LogP contribution in [0.1, 0.15) is 80.7 Å². The van der Waals surface area contributed by atoms with Gasteiger partial charge in [-0.3, -0.25) is 9.59 Å². The van der Waals surface area contributed by atoms with E-state index in [0.717, 1.165) is 5.69 Å². The molecule has 2 aromatic carbocycles. The molecule has 0 aliphatic carbocycles. The van der Waals surface area contributed by atoms with E-state index in [1.807, 2.05) is 6.92 Å². The second kappa shape index (κ2) is 12.1. The van der Waals surface area contributed by atoms with E-state index in [1.165, 1.54) is 0 Å². The Morgan fingerprint density at radius 3 is 2.07 bits per heavy atom. The summed E-state index contributed by atoms with van der Waals surface area (Å²) in [4.78, 5) is 40.0. The third-order valence-electron chi connectivity index (χ3n) is 6.90. The van der Waals surface area contributed by atoms with Crippen molar-refractivity contribution in [3.05, 3.63) is 65.0 Å². The fourth-order valence-electron chi connectivity index (χ4n) is 4.53. The van der Waals surface area contributed by atoms with Crippen LogP contribution in [0.2, 0.25) is 0 Å². The smallest absolute Gasteiger partial charge is 0.416 e. The highest BCUT2D eigenvalue weighted by Crippen LogP contribution is 2.31. The maximum atomic E-state index is 14.3. The summed E-state index contributed by atoms with van der Waals surface area (Å²) in [6.07, 6.45) is -3.59. The van der Waals surface area contributed by atoms with Crippen molar-refractivity contribution in [2.45, 2.75) is 77.7 Å². The number of carbonyl (C=O) groups excluding carboxylic acids is 3. The average Bonchev–Trinajstić information content (AvgIpc) is 2.85. The Bertz CT molecular complexity index is 1260. The number of piperidine rings is 1. The molecule has 1 saturated heterocycles. The number of benzene rings is 2. The fraction of sp³-hybridized carbons (Fsp3) is 0.500. The molecule has 1 aliphatic rings. The highest BCUT2D eigenvalue weighted by molar-refractivity contribution is 5.98. The van der Waals surface area contributed by atoms with E-state index in [4.69, 9.17) is 4.74 Å². The van der Waals surface area contributed by atoms with Crippen LogP contribution < -0.4 is 10.6 Å². The molecule has 1 unspecified atom stereocenters. The van der Waals surface area contributed by atoms with Gasteiger partial charge in [-0.25, -0.2) is 9.18 Å². The number of likely N-dealkylation sites (tertiary alicyclic amines) is 1. The minimum atomic E-state index is -4.75. The second-order valence-corrected chi connectivity index (χ2v) is 12.0. The molecule has 1 atom stereocenters. The third-order valence-corrected chi connectivity index (χ3v) is 6.90. The first-order valence-corrected chi connectivity index (χ1v) is 13.5. The fourth-order valence-corrected chi connectivity index (χ4v) is 4.53. The van der Waals surface area contributed by atoms with Crippen LogP contribution in [0.5, 0.6) is 0 Å². The van der Waals surface area contributed by atoms with Gasteiger partial charge < -0.3 is 20.3 Å². The molecular formula is C30H37F4N3O4. The number of nitrogens with one attached hydrogen (secondary N) is 2. The predicted molar refractivity (Wildman–Crippen MR) is 147 cm³/mol. The molecule has 3 rings (SSSR count). The van der Waals surface area contributed by atoms with Crippen molar-refractivity contribution in [1.29, 1.82) is 0 Å². The van der Waals surface area contributed by atoms with Crippen molar-refractivity contribution in [1.82, 2.24) is 10.2 Å². The lowest BCUT2D eigenvalue weighted by atomic mass is 9.88. The van der Waals surface area contributed by atoms with Crippen molar-refractivity contribution in [3.8, 4) is 0 Å². The SMILES string of the molecule is CC(C)C(NC(=O)c1cc(C(F)(F)F)ccc1F)C(=O)N1CCC(C)(Nc2ccc(C(=O)OC(C)(C)C)cc2)CC1. The van der Waals surface area contributed by atoms with Gasteiger partial charge in [0.2, 0.25) is 5.91 Å². The Morgan fingerprint density at radius 1 is 0.976 bits per heavy atom. The van der Waals surface area contributed by atoms with Gasteiger partial charge in [0, 0.05) is 24.3 Å². The number of rotatable bonds is 7. The van der Waals surface area contributed by atoms with Crippen LogP contribution in [0.4, 0.5) is 23.2 Å². The lowest BCUT2D eigenvalue weighted by Crippen LogP contribution is -2.56. The molecule has 2 aromatic rings. The largest absolute Gasteiger partial charge is 0.456 e. The number of esters is 1. The summed E-state index contributed by atoms with van der Waals surface area (Å²) in [7, 11) is 0. The normalized spacial score (nSPS) is 16.2. The monoisotopic (exact) mass is 579 g/mol. The summed E-state index contributed by atoms with van der Waals surface area (Å²) in [6.45, 7) is 11.5. The summed E-state index contributed by atoms with van der Waals surface area (Å²) in [5.41, 5.74) is -1.65. The molecule has 0 aromatic heterocycles. The zero-order valence-corrected chi connectivity index (χ0v) is 24.1. The summed E-state index contributed by atoms with van der Waals surface area (Å²) in [6, 6.07) is 7.50. The first-order valence-electron chi connectivity index (χ1n) is 13.5. The number of ether oxygens (including phenoxy) is 1. The molecule has 2 N–H and O–H groups in total. The lowest BCUT2D eigenvalue weighted by Gasteiger charge is -2.42. The number of halogens is 4. The summed E-state index contributed by atoms with van der Waals surface area (Å²) < 4.78 is 58.9. The number of amides is 2. The summed E-state index contributed by atoms with van der Waals surface area (Å²) in [5.74, 6) is -3.38. The molecule has 7 nitrogen and oxygen atoms in total. The average molecular weight is 580 g/mol. The Labute approximate surface area is 237 Å². The zero-order chi connectivity index (χ0) is 30.8. The van der Waals surface area contributed by atoms with Crippen LogP contribution in [-0.2, 0) is 15.7 Å². The van der Waals surface area contributed by atoms with E-state index in [1.54, 1.807) is 63.8 Å². The molecule has 0 bridgehead atoms. The van der Waals surface area contributed by atoms with Gasteiger partial charge in [0.15, 0.2) is 0 Å². The predicted octanol–water partition coefficient (Wildman–Crippen LogP) is 6.05.